The molecule has 0 aliphatic rings. The molecule has 3 aromatic carbocycles. The summed E-state index contributed by atoms with van der Waals surface area (Å²) in [5.74, 6) is 0.544. The summed E-state index contributed by atoms with van der Waals surface area (Å²) >= 11 is 0. The van der Waals surface area contributed by atoms with Crippen LogP contribution in [-0.2, 0) is 0 Å². The first-order valence-corrected chi connectivity index (χ1v) is 8.59. The van der Waals surface area contributed by atoms with Crippen LogP contribution in [0, 0.1) is 6.92 Å². The lowest BCUT2D eigenvalue weighted by Crippen LogP contribution is -2.35. The lowest BCUT2D eigenvalue weighted by molar-refractivity contribution is -0.491. The van der Waals surface area contributed by atoms with Gasteiger partial charge in [-0.2, -0.15) is 0 Å². The van der Waals surface area contributed by atoms with Gasteiger partial charge in [0.25, 0.3) is 0 Å². The number of aryl methyl sites for hydroxylation is 1. The Kier molecular flexibility index (Phi) is 4.45. The maximum atomic E-state index is 13.0. The van der Waals surface area contributed by atoms with Crippen LogP contribution in [0.2, 0.25) is 0 Å². The molecular weight excluding hydrogens is 338 g/mol. The number of benzene rings is 3. The van der Waals surface area contributed by atoms with Gasteiger partial charge in [0.15, 0.2) is 5.69 Å². The highest BCUT2D eigenvalue weighted by molar-refractivity contribution is 5.77. The molecule has 0 radical (unpaired) electrons. The Morgan fingerprint density at radius 2 is 1.52 bits per heavy atom. The summed E-state index contributed by atoms with van der Waals surface area (Å²) in [6.45, 7) is 1.78. The zero-order valence-corrected chi connectivity index (χ0v) is 14.8. The molecule has 0 aliphatic carbocycles. The van der Waals surface area contributed by atoms with Gasteiger partial charge in [0.05, 0.1) is 10.9 Å². The van der Waals surface area contributed by atoms with Crippen molar-refractivity contribution in [2.45, 2.75) is 6.92 Å². The van der Waals surface area contributed by atoms with Crippen LogP contribution in [0.4, 0.5) is 11.4 Å². The van der Waals surface area contributed by atoms with E-state index in [0.29, 0.717) is 16.7 Å². The maximum absolute atomic E-state index is 13.0. The molecule has 27 heavy (non-hydrogen) atoms. The van der Waals surface area contributed by atoms with E-state index in [4.69, 9.17) is 0 Å². The molecule has 0 fully saturated rings. The second-order valence-corrected chi connectivity index (χ2v) is 6.00. The molecule has 6 nitrogen and oxygen atoms in total. The number of nitrogens with zero attached hydrogens (tertiary/aromatic N) is 4. The normalized spacial score (nSPS) is 11.5. The summed E-state index contributed by atoms with van der Waals surface area (Å²) in [5, 5.41) is 5.17. The number of para-hydroxylation sites is 2. The van der Waals surface area contributed by atoms with E-state index in [2.05, 4.69) is 15.6 Å². The van der Waals surface area contributed by atoms with Gasteiger partial charge in [0.2, 0.25) is 5.82 Å². The van der Waals surface area contributed by atoms with E-state index >= 15 is 0 Å². The van der Waals surface area contributed by atoms with Crippen LogP contribution >= 0.6 is 0 Å². The first kappa shape index (κ1) is 16.7. The Morgan fingerprint density at radius 3 is 2.26 bits per heavy atom. The first-order valence-electron chi connectivity index (χ1n) is 8.59. The van der Waals surface area contributed by atoms with Crippen LogP contribution in [0.1, 0.15) is 5.82 Å². The van der Waals surface area contributed by atoms with Crippen molar-refractivity contribution in [3.63, 3.8) is 0 Å². The van der Waals surface area contributed by atoms with Crippen molar-refractivity contribution in [3.8, 4) is 0 Å². The number of hydrazine groups is 1. The fraction of sp³-hybridized carbons (Fsp3) is 0.0476. The minimum Gasteiger partial charge on any atom is -0.238 e. The Labute approximate surface area is 156 Å². The predicted molar refractivity (Wildman–Crippen MR) is 105 cm³/mol. The number of hydrogen-bond donors (Lipinski definition) is 1. The molecule has 0 bridgehead atoms. The molecule has 0 unspecified atom stereocenters. The van der Waals surface area contributed by atoms with Gasteiger partial charge in [-0.15, -0.1) is 0 Å². The molecule has 6 heteroatoms. The average molecular weight is 356 g/mol. The maximum Gasteiger partial charge on any atom is 0.367 e. The van der Waals surface area contributed by atoms with Gasteiger partial charge in [0.1, 0.15) is 5.69 Å². The number of fused-ring (bicyclic) bond motifs is 1. The van der Waals surface area contributed by atoms with E-state index in [1.165, 1.54) is 4.68 Å². The zero-order chi connectivity index (χ0) is 18.6. The summed E-state index contributed by atoms with van der Waals surface area (Å²) in [5.41, 5.74) is 5.12. The Morgan fingerprint density at radius 1 is 0.889 bits per heavy atom. The number of rotatable bonds is 4. The monoisotopic (exact) mass is 356 g/mol. The molecular formula is C21H18N5O+. The summed E-state index contributed by atoms with van der Waals surface area (Å²) in [6, 6.07) is 26.4. The predicted octanol–water partition coefficient (Wildman–Crippen LogP) is 4.29. The van der Waals surface area contributed by atoms with Crippen molar-refractivity contribution in [2.75, 3.05) is 5.53 Å². The van der Waals surface area contributed by atoms with Crippen LogP contribution < -0.4 is 11.1 Å². The average Bonchev–Trinajstić information content (AvgIpc) is 2.71. The van der Waals surface area contributed by atoms with Crippen molar-refractivity contribution in [3.05, 3.63) is 101 Å². The van der Waals surface area contributed by atoms with Crippen LogP contribution in [0.5, 0.6) is 0 Å². The molecule has 4 aromatic rings. The highest BCUT2D eigenvalue weighted by Gasteiger charge is 2.17. The van der Waals surface area contributed by atoms with Crippen LogP contribution in [0.15, 0.2) is 94.8 Å². The van der Waals surface area contributed by atoms with Gasteiger partial charge in [-0.25, -0.2) is 9.78 Å². The number of hydrogen-bond acceptors (Lipinski definition) is 3. The minimum atomic E-state index is -0.178. The Hall–Kier alpha value is -3.80. The zero-order valence-electron chi connectivity index (χ0n) is 14.8. The molecule has 0 amide bonds. The van der Waals surface area contributed by atoms with E-state index in [1.54, 1.807) is 17.8 Å². The molecule has 0 saturated carbocycles. The number of nitrogens with one attached hydrogen (secondary N) is 1. The van der Waals surface area contributed by atoms with E-state index < -0.39 is 0 Å². The molecule has 0 atom stereocenters. The van der Waals surface area contributed by atoms with Crippen LogP contribution in [-0.4, -0.2) is 14.5 Å². The highest BCUT2D eigenvalue weighted by atomic mass is 16.1. The largest absolute Gasteiger partial charge is 0.367 e. The number of azo groups is 1. The van der Waals surface area contributed by atoms with Crippen LogP contribution in [0.3, 0.4) is 0 Å². The smallest absolute Gasteiger partial charge is 0.238 e. The fourth-order valence-corrected chi connectivity index (χ4v) is 2.77. The standard InChI is InChI=1S/C21H18N5O/c1-16-22-20-15-9-8-14-19(20)21(27)25(16)24-26(18-12-6-3-7-13-18)23-17-10-4-2-5-11-17/h2-15H,1H3,(H,23,24)/q+1. The minimum absolute atomic E-state index is 0.178. The second kappa shape index (κ2) is 7.21. The van der Waals surface area contributed by atoms with E-state index in [0.717, 1.165) is 11.4 Å². The third-order valence-corrected chi connectivity index (χ3v) is 4.11. The molecule has 0 saturated heterocycles. The quantitative estimate of drug-likeness (QED) is 0.337. The van der Waals surface area contributed by atoms with Gasteiger partial charge < -0.3 is 0 Å². The Balaban J connectivity index is 1.85. The second-order valence-electron chi connectivity index (χ2n) is 6.00. The van der Waals surface area contributed by atoms with E-state index in [-0.39, 0.29) is 5.56 Å². The molecule has 0 aliphatic heterocycles. The molecule has 0 spiro atoms. The molecule has 1 N–H and O–H groups in total. The summed E-state index contributed by atoms with van der Waals surface area (Å²) < 4.78 is 1.40. The van der Waals surface area contributed by atoms with Crippen molar-refractivity contribution in [2.24, 2.45) is 5.11 Å². The summed E-state index contributed by atoms with van der Waals surface area (Å²) in [6.07, 6.45) is 0. The van der Waals surface area contributed by atoms with Gasteiger partial charge in [-0.1, -0.05) is 63.9 Å². The van der Waals surface area contributed by atoms with E-state index in [1.807, 2.05) is 78.9 Å². The lowest BCUT2D eigenvalue weighted by atomic mass is 10.2. The fourth-order valence-electron chi connectivity index (χ4n) is 2.77. The molecule has 1 aromatic heterocycles. The number of aromatic nitrogens is 2. The van der Waals surface area contributed by atoms with Gasteiger partial charge in [-0.05, 0) is 41.2 Å². The third-order valence-electron chi connectivity index (χ3n) is 4.11. The van der Waals surface area contributed by atoms with Gasteiger partial charge >= 0.3 is 5.56 Å². The third kappa shape index (κ3) is 3.46. The van der Waals surface area contributed by atoms with Crippen LogP contribution in [0.25, 0.3) is 10.9 Å². The SMILES string of the molecule is Cc1nc2ccccc2c(=O)n1N[N+](=Nc1ccccc1)c1ccccc1. The summed E-state index contributed by atoms with van der Waals surface area (Å²) in [7, 11) is 0. The topological polar surface area (TPSA) is 62.3 Å². The van der Waals surface area contributed by atoms with Crippen molar-refractivity contribution >= 4 is 22.3 Å². The Bertz CT molecular complexity index is 1170. The molecule has 4 rings (SSSR count). The molecule has 132 valence electrons. The van der Waals surface area contributed by atoms with E-state index in [9.17, 15) is 4.79 Å². The molecule has 1 heterocycles. The highest BCUT2D eigenvalue weighted by Crippen LogP contribution is 2.16. The van der Waals surface area contributed by atoms with Crippen molar-refractivity contribution < 1.29 is 4.81 Å². The van der Waals surface area contributed by atoms with Crippen molar-refractivity contribution in [1.29, 1.82) is 0 Å². The van der Waals surface area contributed by atoms with Gasteiger partial charge in [-0.3, -0.25) is 0 Å². The lowest BCUT2D eigenvalue weighted by Gasteiger charge is -2.08. The van der Waals surface area contributed by atoms with Gasteiger partial charge in [0, 0.05) is 6.92 Å². The van der Waals surface area contributed by atoms with Crippen molar-refractivity contribution in [1.82, 2.24) is 9.66 Å². The first-order chi connectivity index (χ1) is 13.2. The summed E-state index contributed by atoms with van der Waals surface area (Å²) in [4.78, 5) is 19.1.